The summed E-state index contributed by atoms with van der Waals surface area (Å²) in [5, 5.41) is 7.88. The first-order chi connectivity index (χ1) is 20.6. The van der Waals surface area contributed by atoms with E-state index in [2.05, 4.69) is 22.6 Å². The minimum atomic E-state index is -1.05. The third-order valence-electron chi connectivity index (χ3n) is 8.38. The van der Waals surface area contributed by atoms with Gasteiger partial charge in [0.05, 0.1) is 16.6 Å². The number of hydrogen-bond donors (Lipinski definition) is 3. The second-order valence-electron chi connectivity index (χ2n) is 11.7. The van der Waals surface area contributed by atoms with Crippen molar-refractivity contribution >= 4 is 40.7 Å². The van der Waals surface area contributed by atoms with E-state index in [4.69, 9.17) is 14.5 Å². The van der Waals surface area contributed by atoms with Crippen LogP contribution in [0.3, 0.4) is 0 Å². The number of aromatic nitrogens is 1. The van der Waals surface area contributed by atoms with Gasteiger partial charge in [-0.1, -0.05) is 36.9 Å². The van der Waals surface area contributed by atoms with Gasteiger partial charge in [0.1, 0.15) is 24.2 Å². The van der Waals surface area contributed by atoms with Crippen LogP contribution in [0.4, 0.5) is 0 Å². The van der Waals surface area contributed by atoms with Crippen molar-refractivity contribution in [2.75, 3.05) is 19.8 Å². The number of cyclic esters (lactones) is 1. The van der Waals surface area contributed by atoms with E-state index in [1.54, 1.807) is 20.8 Å². The van der Waals surface area contributed by atoms with Gasteiger partial charge in [0.15, 0.2) is 0 Å². The fourth-order valence-corrected chi connectivity index (χ4v) is 5.65. The minimum absolute atomic E-state index is 0.314. The minimum Gasteiger partial charge on any atom is -0.455 e. The van der Waals surface area contributed by atoms with Crippen LogP contribution in [0.25, 0.3) is 17.0 Å². The smallest absolute Gasteiger partial charge is 0.325 e. The zero-order chi connectivity index (χ0) is 30.7. The fraction of sp³-hybridized carbons (Fsp3) is 0.469. The number of ether oxygens (including phenoxy) is 2. The number of pyridine rings is 1. The predicted octanol–water partition coefficient (Wildman–Crippen LogP) is 2.72. The Morgan fingerprint density at radius 3 is 2.56 bits per heavy atom. The molecular weight excluding hydrogens is 550 g/mol. The maximum absolute atomic E-state index is 13.9. The van der Waals surface area contributed by atoms with Gasteiger partial charge in [-0.15, -0.1) is 0 Å². The molecule has 1 spiro atoms. The SMILES string of the molecule is C=C(C)[C@@H]1NC(=O)C2(/C=C/c3ccc4ccc(nc4c3)[C@@H](C)OC(=O)[C@@H]3CCCN(N3)C(=O)[C@H](C)NC1=O)CCOCC2. The number of fused-ring (bicyclic) bond motifs is 4. The number of carbonyl (C=O) groups is 4. The first kappa shape index (κ1) is 30.4. The molecule has 2 aromatic rings. The Labute approximate surface area is 251 Å². The second-order valence-corrected chi connectivity index (χ2v) is 11.7. The highest BCUT2D eigenvalue weighted by Gasteiger charge is 2.40. The van der Waals surface area contributed by atoms with Crippen LogP contribution < -0.4 is 16.1 Å². The normalized spacial score (nSPS) is 27.7. The summed E-state index contributed by atoms with van der Waals surface area (Å²) in [6.45, 7) is 10.1. The number of rotatable bonds is 1. The van der Waals surface area contributed by atoms with Gasteiger partial charge in [-0.25, -0.2) is 10.4 Å². The van der Waals surface area contributed by atoms with Crippen LogP contribution in [0.1, 0.15) is 63.8 Å². The Kier molecular flexibility index (Phi) is 8.93. The number of hydrazine groups is 1. The molecule has 2 fully saturated rings. The van der Waals surface area contributed by atoms with E-state index >= 15 is 0 Å². The van der Waals surface area contributed by atoms with Crippen LogP contribution in [0.15, 0.2) is 48.6 Å². The summed E-state index contributed by atoms with van der Waals surface area (Å²) in [4.78, 5) is 58.4. The fourth-order valence-electron chi connectivity index (χ4n) is 5.65. The molecule has 11 nitrogen and oxygen atoms in total. The lowest BCUT2D eigenvalue weighted by molar-refractivity contribution is -0.157. The number of amides is 3. The summed E-state index contributed by atoms with van der Waals surface area (Å²) in [6.07, 6.45) is 5.10. The molecule has 0 unspecified atom stereocenters. The van der Waals surface area contributed by atoms with Gasteiger partial charge in [0, 0.05) is 25.1 Å². The Morgan fingerprint density at radius 1 is 1.07 bits per heavy atom. The Hall–Kier alpha value is -4.09. The summed E-state index contributed by atoms with van der Waals surface area (Å²) in [7, 11) is 0. The zero-order valence-corrected chi connectivity index (χ0v) is 24.9. The molecule has 0 aliphatic carbocycles. The van der Waals surface area contributed by atoms with Gasteiger partial charge in [0.2, 0.25) is 11.8 Å². The molecule has 0 radical (unpaired) electrons. The van der Waals surface area contributed by atoms with Gasteiger partial charge in [0.25, 0.3) is 5.91 Å². The van der Waals surface area contributed by atoms with E-state index in [0.29, 0.717) is 56.7 Å². The molecule has 2 saturated heterocycles. The maximum Gasteiger partial charge on any atom is 0.325 e. The third kappa shape index (κ3) is 6.62. The van der Waals surface area contributed by atoms with Crippen LogP contribution in [0, 0.1) is 5.41 Å². The monoisotopic (exact) mass is 589 g/mol. The van der Waals surface area contributed by atoms with Crippen LogP contribution in [0.2, 0.25) is 0 Å². The average Bonchev–Trinajstić information content (AvgIpc) is 3.01. The average molecular weight is 590 g/mol. The molecule has 5 rings (SSSR count). The second kappa shape index (κ2) is 12.6. The molecule has 3 N–H and O–H groups in total. The number of nitrogens with zero attached hydrogens (tertiary/aromatic N) is 2. The van der Waals surface area contributed by atoms with Crippen LogP contribution >= 0.6 is 0 Å². The largest absolute Gasteiger partial charge is 0.455 e. The summed E-state index contributed by atoms with van der Waals surface area (Å²) < 4.78 is 11.3. The summed E-state index contributed by atoms with van der Waals surface area (Å²) in [6, 6.07) is 6.89. The Bertz CT molecular complexity index is 1470. The number of esters is 1. The van der Waals surface area contributed by atoms with E-state index in [-0.39, 0.29) is 5.91 Å². The molecule has 1 aromatic heterocycles. The van der Waals surface area contributed by atoms with Gasteiger partial charge in [-0.05, 0) is 69.7 Å². The lowest BCUT2D eigenvalue weighted by Crippen LogP contribution is -2.61. The molecule has 43 heavy (non-hydrogen) atoms. The predicted molar refractivity (Wildman–Crippen MR) is 160 cm³/mol. The van der Waals surface area contributed by atoms with Gasteiger partial charge in [-0.2, -0.15) is 0 Å². The number of carbonyl (C=O) groups excluding carboxylic acids is 4. The van der Waals surface area contributed by atoms with Crippen molar-refractivity contribution in [1.82, 2.24) is 26.1 Å². The van der Waals surface area contributed by atoms with E-state index in [1.807, 2.05) is 42.5 Å². The zero-order valence-electron chi connectivity index (χ0n) is 24.9. The molecular formula is C32H39N5O6. The van der Waals surface area contributed by atoms with Crippen LogP contribution in [0.5, 0.6) is 0 Å². The summed E-state index contributed by atoms with van der Waals surface area (Å²) in [5.41, 5.74) is 4.66. The molecule has 4 atom stereocenters. The van der Waals surface area contributed by atoms with Crippen LogP contribution in [-0.4, -0.2) is 71.6 Å². The Morgan fingerprint density at radius 2 is 1.81 bits per heavy atom. The number of hydrogen-bond acceptors (Lipinski definition) is 8. The van der Waals surface area contributed by atoms with Gasteiger partial charge >= 0.3 is 5.97 Å². The van der Waals surface area contributed by atoms with E-state index in [9.17, 15) is 19.2 Å². The lowest BCUT2D eigenvalue weighted by Gasteiger charge is -2.36. The standard InChI is InChI=1S/C32H39N5O6/c1-19(2)27-28(38)33-20(3)29(39)37-15-5-6-25(36-37)30(40)43-21(4)24-10-9-23-8-7-22(18-26(23)34-24)11-12-32(31(41)35-27)13-16-42-17-14-32/h7-12,18,20-21,25,27,36H,1,5-6,13-17H2,2-4H3,(H,33,38)(H,35,41)/b12-11+/t20-,21+,25-,27-/m0/s1. The van der Waals surface area contributed by atoms with Crippen molar-refractivity contribution in [2.24, 2.45) is 5.41 Å². The summed E-state index contributed by atoms with van der Waals surface area (Å²) >= 11 is 0. The van der Waals surface area contributed by atoms with Crippen molar-refractivity contribution in [2.45, 2.75) is 70.7 Å². The first-order valence-corrected chi connectivity index (χ1v) is 14.8. The van der Waals surface area contributed by atoms with Crippen molar-refractivity contribution in [1.29, 1.82) is 0 Å². The topological polar surface area (TPSA) is 139 Å². The van der Waals surface area contributed by atoms with Crippen molar-refractivity contribution in [3.8, 4) is 0 Å². The highest BCUT2D eigenvalue weighted by Crippen LogP contribution is 2.34. The molecule has 3 amide bonds. The van der Waals surface area contributed by atoms with Crippen molar-refractivity contribution < 1.29 is 28.7 Å². The lowest BCUT2D eigenvalue weighted by atomic mass is 9.78. The molecule has 3 aliphatic heterocycles. The molecule has 4 heterocycles. The quantitative estimate of drug-likeness (QED) is 0.341. The molecule has 11 heteroatoms. The summed E-state index contributed by atoms with van der Waals surface area (Å²) in [5.74, 6) is -1.76. The van der Waals surface area contributed by atoms with E-state index < -0.39 is 47.4 Å². The molecule has 5 bridgehead atoms. The first-order valence-electron chi connectivity index (χ1n) is 14.8. The van der Waals surface area contributed by atoms with E-state index in [1.165, 1.54) is 5.01 Å². The highest BCUT2D eigenvalue weighted by molar-refractivity contribution is 5.95. The van der Waals surface area contributed by atoms with Crippen molar-refractivity contribution in [3.63, 3.8) is 0 Å². The van der Waals surface area contributed by atoms with Crippen molar-refractivity contribution in [3.05, 3.63) is 59.8 Å². The van der Waals surface area contributed by atoms with Crippen LogP contribution in [-0.2, 0) is 28.7 Å². The number of benzene rings is 1. The van der Waals surface area contributed by atoms with Gasteiger partial charge < -0.3 is 20.1 Å². The Balaban J connectivity index is 1.53. The maximum atomic E-state index is 13.9. The molecule has 1 aromatic carbocycles. The van der Waals surface area contributed by atoms with E-state index in [0.717, 1.165) is 16.5 Å². The highest BCUT2D eigenvalue weighted by atomic mass is 16.5. The van der Waals surface area contributed by atoms with Gasteiger partial charge in [-0.3, -0.25) is 24.2 Å². The number of nitrogens with one attached hydrogen (secondary N) is 3. The third-order valence-corrected chi connectivity index (χ3v) is 8.38. The molecule has 3 aliphatic rings. The molecule has 228 valence electrons. The molecule has 0 saturated carbocycles.